The van der Waals surface area contributed by atoms with Crippen molar-refractivity contribution in [3.05, 3.63) is 82.2 Å². The van der Waals surface area contributed by atoms with Crippen molar-refractivity contribution in [2.75, 3.05) is 5.32 Å². The zero-order valence-electron chi connectivity index (χ0n) is 16.1. The van der Waals surface area contributed by atoms with E-state index in [9.17, 15) is 9.59 Å². The van der Waals surface area contributed by atoms with Crippen LogP contribution in [0.3, 0.4) is 0 Å². The maximum atomic E-state index is 12.5. The first-order valence-corrected chi connectivity index (χ1v) is 9.90. The van der Waals surface area contributed by atoms with Gasteiger partial charge in [-0.1, -0.05) is 0 Å². The Morgan fingerprint density at radius 1 is 1.03 bits per heavy atom. The molecule has 0 aliphatic rings. The molecule has 1 aromatic heterocycles. The average molecular weight is 457 g/mol. The second kappa shape index (κ2) is 9.43. The third-order valence-corrected chi connectivity index (χ3v) is 4.58. The predicted molar refractivity (Wildman–Crippen MR) is 114 cm³/mol. The van der Waals surface area contributed by atoms with Gasteiger partial charge in [-0.05, 0) is 84.4 Å². The summed E-state index contributed by atoms with van der Waals surface area (Å²) in [6.45, 7) is 4.19. The molecule has 0 saturated heterocycles. The third-order valence-electron chi connectivity index (χ3n) is 3.96. The summed E-state index contributed by atoms with van der Waals surface area (Å²) in [5, 5.41) is 5.59. The number of benzene rings is 2. The Bertz CT molecular complexity index is 983. The molecule has 2 amide bonds. The molecule has 0 bridgehead atoms. The van der Waals surface area contributed by atoms with E-state index in [1.807, 2.05) is 13.8 Å². The first-order chi connectivity index (χ1) is 13.9. The lowest BCUT2D eigenvalue weighted by atomic mass is 10.1. The van der Waals surface area contributed by atoms with Crippen molar-refractivity contribution in [2.45, 2.75) is 26.5 Å². The van der Waals surface area contributed by atoms with Crippen molar-refractivity contribution in [2.24, 2.45) is 0 Å². The highest BCUT2D eigenvalue weighted by Crippen LogP contribution is 2.27. The summed E-state index contributed by atoms with van der Waals surface area (Å²) in [6.07, 6.45) is 1.60. The fraction of sp³-hybridized carbons (Fsp3) is 0.182. The van der Waals surface area contributed by atoms with Crippen LogP contribution in [0.2, 0.25) is 0 Å². The smallest absolute Gasteiger partial charge is 0.255 e. The average Bonchev–Trinajstić information content (AvgIpc) is 3.21. The van der Waals surface area contributed by atoms with E-state index >= 15 is 0 Å². The number of amides is 2. The van der Waals surface area contributed by atoms with E-state index in [0.29, 0.717) is 39.3 Å². The monoisotopic (exact) mass is 456 g/mol. The molecular formula is C22H21BrN2O4. The zero-order chi connectivity index (χ0) is 20.8. The largest absolute Gasteiger partial charge is 0.490 e. The minimum Gasteiger partial charge on any atom is -0.490 e. The van der Waals surface area contributed by atoms with E-state index in [-0.39, 0.29) is 17.9 Å². The van der Waals surface area contributed by atoms with Gasteiger partial charge >= 0.3 is 0 Å². The van der Waals surface area contributed by atoms with Gasteiger partial charge in [-0.25, -0.2) is 0 Å². The van der Waals surface area contributed by atoms with Gasteiger partial charge in [0, 0.05) is 16.8 Å². The number of rotatable bonds is 7. The molecule has 1 heterocycles. The summed E-state index contributed by atoms with van der Waals surface area (Å²) in [5.74, 6) is 0.889. The summed E-state index contributed by atoms with van der Waals surface area (Å²) >= 11 is 3.43. The van der Waals surface area contributed by atoms with E-state index in [1.54, 1.807) is 60.9 Å². The lowest BCUT2D eigenvalue weighted by Crippen LogP contribution is -2.22. The third kappa shape index (κ3) is 5.71. The molecular weight excluding hydrogens is 436 g/mol. The fourth-order valence-corrected chi connectivity index (χ4v) is 3.05. The van der Waals surface area contributed by atoms with Crippen molar-refractivity contribution in [1.82, 2.24) is 5.32 Å². The minimum absolute atomic E-state index is 0.0424. The zero-order valence-corrected chi connectivity index (χ0v) is 17.7. The molecule has 6 nitrogen and oxygen atoms in total. The van der Waals surface area contributed by atoms with E-state index < -0.39 is 0 Å². The van der Waals surface area contributed by atoms with Crippen LogP contribution in [0.4, 0.5) is 5.69 Å². The van der Waals surface area contributed by atoms with Crippen molar-refractivity contribution in [3.63, 3.8) is 0 Å². The fourth-order valence-electron chi connectivity index (χ4n) is 2.58. The molecule has 0 unspecified atom stereocenters. The maximum Gasteiger partial charge on any atom is 0.255 e. The SMILES string of the molecule is CC(C)Oc1ccc(C(=O)Nc2ccc(C(=O)NCc3ccco3)cc2)cc1Br. The number of carbonyl (C=O) groups is 2. The molecule has 0 aliphatic heterocycles. The van der Waals surface area contributed by atoms with Crippen molar-refractivity contribution in [3.8, 4) is 5.75 Å². The van der Waals surface area contributed by atoms with Crippen LogP contribution in [0.1, 0.15) is 40.3 Å². The Morgan fingerprint density at radius 2 is 1.76 bits per heavy atom. The molecule has 0 saturated carbocycles. The van der Waals surface area contributed by atoms with E-state index in [4.69, 9.17) is 9.15 Å². The maximum absolute atomic E-state index is 12.5. The molecule has 29 heavy (non-hydrogen) atoms. The highest BCUT2D eigenvalue weighted by molar-refractivity contribution is 9.10. The number of nitrogens with one attached hydrogen (secondary N) is 2. The van der Waals surface area contributed by atoms with Gasteiger partial charge in [-0.15, -0.1) is 0 Å². The minimum atomic E-state index is -0.253. The van der Waals surface area contributed by atoms with Gasteiger partial charge in [0.1, 0.15) is 11.5 Å². The Kier molecular flexibility index (Phi) is 6.72. The number of furan rings is 1. The molecule has 3 rings (SSSR count). The first kappa shape index (κ1) is 20.7. The van der Waals surface area contributed by atoms with Gasteiger partial charge in [-0.3, -0.25) is 9.59 Å². The Hall–Kier alpha value is -3.06. The Balaban J connectivity index is 1.59. The molecule has 0 atom stereocenters. The van der Waals surface area contributed by atoms with Crippen LogP contribution in [0.5, 0.6) is 5.75 Å². The molecule has 2 aromatic carbocycles. The Morgan fingerprint density at radius 3 is 2.38 bits per heavy atom. The lowest BCUT2D eigenvalue weighted by Gasteiger charge is -2.12. The highest BCUT2D eigenvalue weighted by atomic mass is 79.9. The van der Waals surface area contributed by atoms with Gasteiger partial charge in [-0.2, -0.15) is 0 Å². The van der Waals surface area contributed by atoms with E-state index in [0.717, 1.165) is 0 Å². The molecule has 3 aromatic rings. The lowest BCUT2D eigenvalue weighted by molar-refractivity contribution is 0.0947. The summed E-state index contributed by atoms with van der Waals surface area (Å²) in [6, 6.07) is 15.4. The summed E-state index contributed by atoms with van der Waals surface area (Å²) in [7, 11) is 0. The highest BCUT2D eigenvalue weighted by Gasteiger charge is 2.11. The van der Waals surface area contributed by atoms with E-state index in [2.05, 4.69) is 26.6 Å². The second-order valence-electron chi connectivity index (χ2n) is 6.61. The second-order valence-corrected chi connectivity index (χ2v) is 7.46. The van der Waals surface area contributed by atoms with Crippen LogP contribution in [0.25, 0.3) is 0 Å². The molecule has 7 heteroatoms. The van der Waals surface area contributed by atoms with Crippen LogP contribution in [-0.4, -0.2) is 17.9 Å². The predicted octanol–water partition coefficient (Wildman–Crippen LogP) is 5.01. The summed E-state index contributed by atoms with van der Waals surface area (Å²) in [4.78, 5) is 24.7. The van der Waals surface area contributed by atoms with Gasteiger partial charge in [0.15, 0.2) is 0 Å². The molecule has 0 aliphatic carbocycles. The number of hydrogen-bond acceptors (Lipinski definition) is 4. The molecule has 0 fully saturated rings. The van der Waals surface area contributed by atoms with Gasteiger partial charge in [0.2, 0.25) is 0 Å². The van der Waals surface area contributed by atoms with E-state index in [1.165, 1.54) is 0 Å². The van der Waals surface area contributed by atoms with Gasteiger partial charge < -0.3 is 19.8 Å². The summed E-state index contributed by atoms with van der Waals surface area (Å²) < 4.78 is 11.6. The van der Waals surface area contributed by atoms with Crippen LogP contribution in [0.15, 0.2) is 69.8 Å². The number of hydrogen-bond donors (Lipinski definition) is 2. The standard InChI is InChI=1S/C22H21BrN2O4/c1-14(2)29-20-10-7-16(12-19(20)23)22(27)25-17-8-5-15(6-9-17)21(26)24-13-18-4-3-11-28-18/h3-12,14H,13H2,1-2H3,(H,24,26)(H,25,27). The van der Waals surface area contributed by atoms with Crippen molar-refractivity contribution < 1.29 is 18.7 Å². The van der Waals surface area contributed by atoms with Crippen LogP contribution in [-0.2, 0) is 6.54 Å². The van der Waals surface area contributed by atoms with Crippen LogP contribution in [0, 0.1) is 0 Å². The van der Waals surface area contributed by atoms with Crippen LogP contribution >= 0.6 is 15.9 Å². The topological polar surface area (TPSA) is 80.6 Å². The number of ether oxygens (including phenoxy) is 1. The summed E-state index contributed by atoms with van der Waals surface area (Å²) in [5.41, 5.74) is 1.58. The molecule has 0 spiro atoms. The van der Waals surface area contributed by atoms with Crippen LogP contribution < -0.4 is 15.4 Å². The van der Waals surface area contributed by atoms with Crippen molar-refractivity contribution >= 4 is 33.4 Å². The molecule has 0 radical (unpaired) electrons. The first-order valence-electron chi connectivity index (χ1n) is 9.10. The Labute approximate surface area is 177 Å². The van der Waals surface area contributed by atoms with Gasteiger partial charge in [0.25, 0.3) is 11.8 Å². The number of anilines is 1. The quantitative estimate of drug-likeness (QED) is 0.523. The normalized spacial score (nSPS) is 10.6. The van der Waals surface area contributed by atoms with Gasteiger partial charge in [0.05, 0.1) is 23.4 Å². The number of carbonyl (C=O) groups excluding carboxylic acids is 2. The number of halogens is 1. The van der Waals surface area contributed by atoms with Crippen molar-refractivity contribution in [1.29, 1.82) is 0 Å². The molecule has 2 N–H and O–H groups in total. The molecule has 150 valence electrons.